The van der Waals surface area contributed by atoms with Crippen LogP contribution in [0.2, 0.25) is 5.15 Å². The van der Waals surface area contributed by atoms with Gasteiger partial charge >= 0.3 is 0 Å². The smallest absolute Gasteiger partial charge is 0.248 e. The van der Waals surface area contributed by atoms with Crippen LogP contribution in [0.3, 0.4) is 0 Å². The Kier molecular flexibility index (Phi) is 3.64. The van der Waals surface area contributed by atoms with Crippen molar-refractivity contribution in [3.63, 3.8) is 0 Å². The fraction of sp³-hybridized carbons (Fsp3) is 0.286. The molecule has 6 N–H and O–H groups in total. The number of nitrogen functional groups attached to an aromatic ring is 1. The molecule has 0 bridgehead atoms. The third-order valence-electron chi connectivity index (χ3n) is 1.63. The lowest BCUT2D eigenvalue weighted by atomic mass is 10.3. The molecule has 15 heavy (non-hydrogen) atoms. The molecule has 0 aliphatic rings. The quantitative estimate of drug-likeness (QED) is 0.491. The van der Waals surface area contributed by atoms with E-state index >= 15 is 0 Å². The van der Waals surface area contributed by atoms with Crippen molar-refractivity contribution >= 4 is 29.0 Å². The zero-order valence-electron chi connectivity index (χ0n) is 7.64. The van der Waals surface area contributed by atoms with Crippen LogP contribution in [0.4, 0.5) is 11.5 Å². The number of primary amides is 1. The molecule has 7 nitrogen and oxygen atoms in total. The van der Waals surface area contributed by atoms with Gasteiger partial charge in [0.1, 0.15) is 18.1 Å². The van der Waals surface area contributed by atoms with E-state index in [-0.39, 0.29) is 23.2 Å². The van der Waals surface area contributed by atoms with E-state index in [1.807, 2.05) is 0 Å². The first-order valence-electron chi connectivity index (χ1n) is 3.99. The summed E-state index contributed by atoms with van der Waals surface area (Å²) < 4.78 is 0. The molecule has 8 heteroatoms. The highest BCUT2D eigenvalue weighted by Crippen LogP contribution is 2.21. The first-order valence-corrected chi connectivity index (χ1v) is 4.37. The highest BCUT2D eigenvalue weighted by molar-refractivity contribution is 6.32. The lowest BCUT2D eigenvalue weighted by Crippen LogP contribution is -2.34. The predicted molar refractivity (Wildman–Crippen MR) is 55.1 cm³/mol. The van der Waals surface area contributed by atoms with Crippen LogP contribution < -0.4 is 16.8 Å². The molecule has 1 unspecified atom stereocenters. The molecule has 0 aliphatic heterocycles. The highest BCUT2D eigenvalue weighted by Gasteiger charge is 2.12. The van der Waals surface area contributed by atoms with Gasteiger partial charge in [-0.05, 0) is 0 Å². The third-order valence-corrected chi connectivity index (χ3v) is 1.93. The van der Waals surface area contributed by atoms with Crippen molar-refractivity contribution in [3.8, 4) is 0 Å². The minimum atomic E-state index is -1.31. The number of anilines is 2. The molecule has 1 aromatic heterocycles. The van der Waals surface area contributed by atoms with E-state index in [1.165, 1.54) is 6.33 Å². The standard InChI is InChI=1S/C7H10ClN5O2/c8-5-4(9)7(13-2-12-5)11-1-3(14)6(10)15/h2-3,14H,1,9H2,(H2,10,15)(H,11,12,13). The molecule has 0 saturated heterocycles. The number of nitrogens with zero attached hydrogens (tertiary/aromatic N) is 2. The normalized spacial score (nSPS) is 12.1. The maximum absolute atomic E-state index is 10.5. The summed E-state index contributed by atoms with van der Waals surface area (Å²) in [5.74, 6) is -0.587. The summed E-state index contributed by atoms with van der Waals surface area (Å²) in [6.07, 6.45) is -0.101. The Morgan fingerprint density at radius 3 is 2.93 bits per heavy atom. The Hall–Kier alpha value is -1.60. The van der Waals surface area contributed by atoms with Crippen LogP contribution in [0.25, 0.3) is 0 Å². The Bertz CT molecular complexity index is 372. The second kappa shape index (κ2) is 4.76. The third kappa shape index (κ3) is 2.93. The maximum atomic E-state index is 10.5. The summed E-state index contributed by atoms with van der Waals surface area (Å²) in [6, 6.07) is 0. The molecule has 1 aromatic rings. The van der Waals surface area contributed by atoms with Crippen LogP contribution in [-0.4, -0.2) is 33.6 Å². The first kappa shape index (κ1) is 11.5. The average Bonchev–Trinajstić information content (AvgIpc) is 2.19. The number of halogens is 1. The summed E-state index contributed by atoms with van der Waals surface area (Å²) in [5.41, 5.74) is 10.5. The van der Waals surface area contributed by atoms with Crippen molar-refractivity contribution in [2.24, 2.45) is 5.73 Å². The molecule has 0 spiro atoms. The largest absolute Gasteiger partial charge is 0.393 e. The van der Waals surface area contributed by atoms with Gasteiger partial charge < -0.3 is 21.9 Å². The molecule has 0 aromatic carbocycles. The van der Waals surface area contributed by atoms with E-state index in [4.69, 9.17) is 28.2 Å². The number of rotatable bonds is 4. The second-order valence-corrected chi connectivity index (χ2v) is 3.08. The Labute approximate surface area is 90.5 Å². The van der Waals surface area contributed by atoms with E-state index in [0.717, 1.165) is 0 Å². The summed E-state index contributed by atoms with van der Waals surface area (Å²) in [4.78, 5) is 17.9. The number of hydrogen-bond donors (Lipinski definition) is 4. The van der Waals surface area contributed by atoms with Crippen molar-refractivity contribution in [1.29, 1.82) is 0 Å². The molecule has 82 valence electrons. The summed E-state index contributed by atoms with van der Waals surface area (Å²) in [6.45, 7) is -0.0904. The minimum Gasteiger partial charge on any atom is -0.393 e. The molecule has 1 heterocycles. The Morgan fingerprint density at radius 2 is 2.33 bits per heavy atom. The number of carbonyl (C=O) groups is 1. The van der Waals surface area contributed by atoms with Crippen molar-refractivity contribution in [2.45, 2.75) is 6.10 Å². The average molecular weight is 232 g/mol. The molecule has 1 rings (SSSR count). The molecule has 1 atom stereocenters. The number of amides is 1. The van der Waals surface area contributed by atoms with Crippen LogP contribution in [0.15, 0.2) is 6.33 Å². The van der Waals surface area contributed by atoms with Gasteiger partial charge in [-0.2, -0.15) is 0 Å². The summed E-state index contributed by atoms with van der Waals surface area (Å²) in [5, 5.41) is 11.8. The number of aromatic nitrogens is 2. The molecule has 0 saturated carbocycles. The molecule has 0 radical (unpaired) electrons. The van der Waals surface area contributed by atoms with Gasteiger partial charge in [0.05, 0.1) is 6.54 Å². The number of aliphatic hydroxyl groups is 1. The molecular formula is C7H10ClN5O2. The van der Waals surface area contributed by atoms with Crippen molar-refractivity contribution in [1.82, 2.24) is 9.97 Å². The van der Waals surface area contributed by atoms with E-state index in [1.54, 1.807) is 0 Å². The van der Waals surface area contributed by atoms with Gasteiger partial charge in [-0.25, -0.2) is 9.97 Å². The van der Waals surface area contributed by atoms with Gasteiger partial charge in [-0.3, -0.25) is 4.79 Å². The van der Waals surface area contributed by atoms with E-state index in [0.29, 0.717) is 0 Å². The Balaban J connectivity index is 2.66. The van der Waals surface area contributed by atoms with Crippen molar-refractivity contribution in [3.05, 3.63) is 11.5 Å². The van der Waals surface area contributed by atoms with Gasteiger partial charge in [-0.15, -0.1) is 0 Å². The SMILES string of the molecule is NC(=O)C(O)CNc1ncnc(Cl)c1N. The van der Waals surface area contributed by atoms with E-state index in [2.05, 4.69) is 15.3 Å². The van der Waals surface area contributed by atoms with Crippen LogP contribution >= 0.6 is 11.6 Å². The van der Waals surface area contributed by atoms with Gasteiger partial charge in [0, 0.05) is 0 Å². The van der Waals surface area contributed by atoms with Crippen LogP contribution in [0.1, 0.15) is 0 Å². The topological polar surface area (TPSA) is 127 Å². The van der Waals surface area contributed by atoms with Crippen molar-refractivity contribution < 1.29 is 9.90 Å². The van der Waals surface area contributed by atoms with Crippen LogP contribution in [0, 0.1) is 0 Å². The highest BCUT2D eigenvalue weighted by atomic mass is 35.5. The van der Waals surface area contributed by atoms with Crippen LogP contribution in [-0.2, 0) is 4.79 Å². The summed E-state index contributed by atoms with van der Waals surface area (Å²) >= 11 is 5.62. The number of hydrogen-bond acceptors (Lipinski definition) is 6. The van der Waals surface area contributed by atoms with Gasteiger partial charge in [0.2, 0.25) is 5.91 Å². The fourth-order valence-corrected chi connectivity index (χ4v) is 0.942. The lowest BCUT2D eigenvalue weighted by Gasteiger charge is -2.10. The minimum absolute atomic E-state index is 0.0904. The number of nitrogens with two attached hydrogens (primary N) is 2. The molecule has 1 amide bonds. The zero-order valence-corrected chi connectivity index (χ0v) is 8.40. The number of nitrogens with one attached hydrogen (secondary N) is 1. The Morgan fingerprint density at radius 1 is 1.67 bits per heavy atom. The lowest BCUT2D eigenvalue weighted by molar-refractivity contribution is -0.125. The van der Waals surface area contributed by atoms with E-state index in [9.17, 15) is 4.79 Å². The first-order chi connectivity index (χ1) is 7.02. The second-order valence-electron chi connectivity index (χ2n) is 2.73. The van der Waals surface area contributed by atoms with E-state index < -0.39 is 12.0 Å². The molecule has 0 aliphatic carbocycles. The number of aliphatic hydroxyl groups excluding tert-OH is 1. The molecule has 0 fully saturated rings. The maximum Gasteiger partial charge on any atom is 0.248 e. The van der Waals surface area contributed by atoms with Gasteiger partial charge in [-0.1, -0.05) is 11.6 Å². The fourth-order valence-electron chi connectivity index (χ4n) is 0.809. The van der Waals surface area contributed by atoms with Gasteiger partial charge in [0.15, 0.2) is 11.0 Å². The number of carbonyl (C=O) groups excluding carboxylic acids is 1. The molecular weight excluding hydrogens is 222 g/mol. The zero-order chi connectivity index (χ0) is 11.4. The van der Waals surface area contributed by atoms with Gasteiger partial charge in [0.25, 0.3) is 0 Å². The summed E-state index contributed by atoms with van der Waals surface area (Å²) in [7, 11) is 0. The monoisotopic (exact) mass is 231 g/mol. The predicted octanol–water partition coefficient (Wildman–Crippen LogP) is -1.03. The van der Waals surface area contributed by atoms with Crippen molar-refractivity contribution in [2.75, 3.05) is 17.6 Å². The van der Waals surface area contributed by atoms with Crippen LogP contribution in [0.5, 0.6) is 0 Å².